The van der Waals surface area contributed by atoms with Crippen LogP contribution in [0.15, 0.2) is 30.3 Å². The quantitative estimate of drug-likeness (QED) is 0.177. The predicted molar refractivity (Wildman–Crippen MR) is 155 cm³/mol. The molecule has 214 valence electrons. The van der Waals surface area contributed by atoms with Crippen molar-refractivity contribution in [3.05, 3.63) is 35.9 Å². The van der Waals surface area contributed by atoms with Crippen LogP contribution in [0.4, 0.5) is 4.79 Å². The number of unbranched alkanes of at least 4 members (excludes halogenated alkanes) is 2. The monoisotopic (exact) mass is 541 g/mol. The van der Waals surface area contributed by atoms with Crippen molar-refractivity contribution in [2.24, 2.45) is 11.8 Å². The number of nitrogens with one attached hydrogen (secondary N) is 3. The maximum Gasteiger partial charge on any atom is 0.407 e. The van der Waals surface area contributed by atoms with Crippen LogP contribution in [0, 0.1) is 11.8 Å². The van der Waals surface area contributed by atoms with E-state index < -0.39 is 35.6 Å². The molecule has 9 nitrogen and oxygen atoms in total. The number of esters is 1. The summed E-state index contributed by atoms with van der Waals surface area (Å²) >= 11 is 0. The Hall–Kier alpha value is -2.97. The van der Waals surface area contributed by atoms with E-state index in [0.29, 0.717) is 32.2 Å². The van der Waals surface area contributed by atoms with E-state index in [1.54, 1.807) is 22.6 Å². The van der Waals surface area contributed by atoms with Gasteiger partial charge in [0, 0.05) is 18.9 Å². The third kappa shape index (κ3) is 11.0. The molecular formula is C28H45B2N3O6. The van der Waals surface area contributed by atoms with E-state index in [1.807, 2.05) is 44.2 Å². The smallest absolute Gasteiger partial charge is 0.407 e. The Morgan fingerprint density at radius 2 is 1.79 bits per heavy atom. The van der Waals surface area contributed by atoms with Crippen LogP contribution in [0.3, 0.4) is 0 Å². The molecule has 1 saturated heterocycles. The zero-order valence-electron chi connectivity index (χ0n) is 24.4. The Balaban J connectivity index is 2.12. The summed E-state index contributed by atoms with van der Waals surface area (Å²) in [6, 6.07) is 7.93. The number of carbonyl (C=O) groups is 4. The van der Waals surface area contributed by atoms with Crippen LogP contribution in [0.25, 0.3) is 0 Å². The zero-order chi connectivity index (χ0) is 29.0. The van der Waals surface area contributed by atoms with Gasteiger partial charge < -0.3 is 25.4 Å². The highest BCUT2D eigenvalue weighted by molar-refractivity contribution is 6.39. The van der Waals surface area contributed by atoms with Crippen LogP contribution in [0.5, 0.6) is 0 Å². The maximum absolute atomic E-state index is 13.5. The number of amides is 3. The van der Waals surface area contributed by atoms with Crippen LogP contribution in [-0.4, -0.2) is 64.3 Å². The zero-order valence-corrected chi connectivity index (χ0v) is 24.4. The molecular weight excluding hydrogens is 496 g/mol. The van der Waals surface area contributed by atoms with Gasteiger partial charge in [0.05, 0.1) is 11.4 Å². The third-order valence-electron chi connectivity index (χ3n) is 7.03. The molecule has 1 aromatic rings. The SMILES string of the molecule is BC(B)(OC(=O)N[C@@H](CC(C)C)C(=O)N[C@@H](C[C@@H]1CCNC1=O)C(C)OC(=O)CCCCC)c1ccccc1. The average molecular weight is 541 g/mol. The molecule has 1 unspecified atom stereocenters. The highest BCUT2D eigenvalue weighted by Gasteiger charge is 2.34. The molecule has 4 atom stereocenters. The molecule has 0 aliphatic carbocycles. The van der Waals surface area contributed by atoms with E-state index in [4.69, 9.17) is 9.47 Å². The topological polar surface area (TPSA) is 123 Å². The highest BCUT2D eigenvalue weighted by atomic mass is 16.6. The van der Waals surface area contributed by atoms with Crippen molar-refractivity contribution in [1.29, 1.82) is 0 Å². The Morgan fingerprint density at radius 3 is 2.38 bits per heavy atom. The maximum atomic E-state index is 13.5. The normalized spacial score (nSPS) is 17.6. The van der Waals surface area contributed by atoms with E-state index in [0.717, 1.165) is 24.8 Å². The number of rotatable bonds is 15. The lowest BCUT2D eigenvalue weighted by Gasteiger charge is -2.30. The molecule has 0 saturated carbocycles. The number of ether oxygens (including phenoxy) is 2. The molecule has 1 fully saturated rings. The predicted octanol–water partition coefficient (Wildman–Crippen LogP) is 1.73. The molecule has 1 aromatic carbocycles. The van der Waals surface area contributed by atoms with E-state index in [1.165, 1.54) is 0 Å². The van der Waals surface area contributed by atoms with Gasteiger partial charge in [0.1, 0.15) is 12.1 Å². The first-order valence-corrected chi connectivity index (χ1v) is 14.3. The molecule has 1 aliphatic rings. The van der Waals surface area contributed by atoms with Crippen molar-refractivity contribution in [1.82, 2.24) is 16.0 Å². The summed E-state index contributed by atoms with van der Waals surface area (Å²) in [5.74, 6) is -0.981. The minimum Gasteiger partial charge on any atom is -0.460 e. The molecule has 3 amide bonds. The van der Waals surface area contributed by atoms with Gasteiger partial charge in [-0.05, 0) is 44.1 Å². The summed E-state index contributed by atoms with van der Waals surface area (Å²) < 4.78 is 11.4. The average Bonchev–Trinajstić information content (AvgIpc) is 3.27. The second-order valence-corrected chi connectivity index (χ2v) is 11.4. The summed E-state index contributed by atoms with van der Waals surface area (Å²) in [5.41, 5.74) is 0.828. The van der Waals surface area contributed by atoms with Gasteiger partial charge in [-0.3, -0.25) is 14.4 Å². The molecule has 0 bridgehead atoms. The molecule has 1 heterocycles. The van der Waals surface area contributed by atoms with Crippen molar-refractivity contribution in [2.45, 2.75) is 96.2 Å². The minimum atomic E-state index is -0.900. The molecule has 11 heteroatoms. The fraction of sp³-hybridized carbons (Fsp3) is 0.643. The first kappa shape index (κ1) is 32.2. The minimum absolute atomic E-state index is 0.0701. The van der Waals surface area contributed by atoms with E-state index in [-0.39, 0.29) is 23.7 Å². The number of benzene rings is 1. The van der Waals surface area contributed by atoms with Crippen molar-refractivity contribution in [3.8, 4) is 0 Å². The lowest BCUT2D eigenvalue weighted by atomic mass is 9.61. The lowest BCUT2D eigenvalue weighted by molar-refractivity contribution is -0.151. The van der Waals surface area contributed by atoms with Crippen molar-refractivity contribution < 1.29 is 28.7 Å². The fourth-order valence-corrected chi connectivity index (χ4v) is 4.70. The standard InChI is InChI=1S/C28H45B2N3O6/c1-5-6-8-13-24(34)38-19(4)22(17-20-14-15-31-25(20)35)32-26(36)23(16-18(2)3)33-27(37)39-28(29,30)21-11-9-7-10-12-21/h7,9-12,18-20,22-23H,5-6,8,13-17,29-30H2,1-4H3,(H,31,35)(H,32,36)(H,33,37)/t19?,20-,22-,23-/m0/s1. The first-order valence-electron chi connectivity index (χ1n) is 14.3. The molecule has 0 spiro atoms. The number of alkyl carbamates (subject to hydrolysis) is 1. The van der Waals surface area contributed by atoms with Crippen LogP contribution >= 0.6 is 0 Å². The van der Waals surface area contributed by atoms with Crippen molar-refractivity contribution in [2.75, 3.05) is 6.54 Å². The van der Waals surface area contributed by atoms with E-state index in [2.05, 4.69) is 22.9 Å². The van der Waals surface area contributed by atoms with Crippen molar-refractivity contribution in [3.63, 3.8) is 0 Å². The Kier molecular flexibility index (Phi) is 12.9. The highest BCUT2D eigenvalue weighted by Crippen LogP contribution is 2.21. The molecule has 0 radical (unpaired) electrons. The Labute approximate surface area is 234 Å². The number of hydrogen-bond acceptors (Lipinski definition) is 6. The molecule has 39 heavy (non-hydrogen) atoms. The summed E-state index contributed by atoms with van der Waals surface area (Å²) in [6.45, 7) is 8.30. The third-order valence-corrected chi connectivity index (χ3v) is 7.03. The molecule has 0 aromatic heterocycles. The first-order chi connectivity index (χ1) is 18.4. The van der Waals surface area contributed by atoms with Crippen LogP contribution in [0.2, 0.25) is 0 Å². The van der Waals surface area contributed by atoms with Gasteiger partial charge in [0.15, 0.2) is 15.7 Å². The van der Waals surface area contributed by atoms with Crippen LogP contribution in [-0.2, 0) is 29.3 Å². The lowest BCUT2D eigenvalue weighted by Crippen LogP contribution is -2.54. The fourth-order valence-electron chi connectivity index (χ4n) is 4.70. The largest absolute Gasteiger partial charge is 0.460 e. The summed E-state index contributed by atoms with van der Waals surface area (Å²) in [7, 11) is 3.58. The Morgan fingerprint density at radius 1 is 1.10 bits per heavy atom. The number of carbonyl (C=O) groups excluding carboxylic acids is 4. The van der Waals surface area contributed by atoms with E-state index >= 15 is 0 Å². The second kappa shape index (κ2) is 15.6. The molecule has 1 aliphatic heterocycles. The molecule has 3 N–H and O–H groups in total. The van der Waals surface area contributed by atoms with Gasteiger partial charge in [0.2, 0.25) is 11.8 Å². The van der Waals surface area contributed by atoms with Gasteiger partial charge in [-0.15, -0.1) is 0 Å². The number of hydrogen-bond donors (Lipinski definition) is 3. The van der Waals surface area contributed by atoms with Gasteiger partial charge in [-0.25, -0.2) is 4.79 Å². The van der Waals surface area contributed by atoms with Gasteiger partial charge >= 0.3 is 12.1 Å². The van der Waals surface area contributed by atoms with Crippen LogP contribution < -0.4 is 16.0 Å². The summed E-state index contributed by atoms with van der Waals surface area (Å²) in [6.07, 6.45) is 3.01. The van der Waals surface area contributed by atoms with Gasteiger partial charge in [-0.2, -0.15) is 0 Å². The van der Waals surface area contributed by atoms with Crippen molar-refractivity contribution >= 4 is 39.6 Å². The van der Waals surface area contributed by atoms with E-state index in [9.17, 15) is 19.2 Å². The van der Waals surface area contributed by atoms with Gasteiger partial charge in [-0.1, -0.05) is 63.9 Å². The Bertz CT molecular complexity index is 960. The summed E-state index contributed by atoms with van der Waals surface area (Å²) in [4.78, 5) is 51.1. The van der Waals surface area contributed by atoms with Crippen LogP contribution in [0.1, 0.15) is 78.2 Å². The molecule has 2 rings (SSSR count). The summed E-state index contributed by atoms with van der Waals surface area (Å²) in [5, 5.41) is 7.63. The van der Waals surface area contributed by atoms with Gasteiger partial charge in [0.25, 0.3) is 0 Å². The second-order valence-electron chi connectivity index (χ2n) is 11.4.